The van der Waals surface area contributed by atoms with E-state index < -0.39 is 0 Å². The Bertz CT molecular complexity index is 395. The van der Waals surface area contributed by atoms with Gasteiger partial charge >= 0.3 is 6.03 Å². The van der Waals surface area contributed by atoms with Gasteiger partial charge in [-0.1, -0.05) is 13.8 Å². The number of amides is 2. The predicted molar refractivity (Wildman–Crippen MR) is 69.7 cm³/mol. The average Bonchev–Trinajstić information content (AvgIpc) is 2.35. The lowest BCUT2D eigenvalue weighted by molar-refractivity contribution is 0.207. The summed E-state index contributed by atoms with van der Waals surface area (Å²) in [6.45, 7) is 7.46. The highest BCUT2D eigenvalue weighted by molar-refractivity contribution is 5.88. The van der Waals surface area contributed by atoms with Crippen molar-refractivity contribution in [2.24, 2.45) is 5.92 Å². The van der Waals surface area contributed by atoms with Crippen molar-refractivity contribution >= 4 is 11.8 Å². The van der Waals surface area contributed by atoms with E-state index in [0.717, 1.165) is 0 Å². The SMILES string of the molecule is CCN(CC(C)C)C(=O)Nc1cc(OC)ncn1. The van der Waals surface area contributed by atoms with Crippen LogP contribution in [-0.4, -0.2) is 41.1 Å². The van der Waals surface area contributed by atoms with Crippen LogP contribution in [0.2, 0.25) is 0 Å². The number of hydrogen-bond acceptors (Lipinski definition) is 4. The van der Waals surface area contributed by atoms with Gasteiger partial charge < -0.3 is 9.64 Å². The molecule has 0 atom stereocenters. The number of anilines is 1. The first-order valence-electron chi connectivity index (χ1n) is 5.98. The minimum atomic E-state index is -0.160. The Hall–Kier alpha value is -1.85. The molecule has 1 aromatic rings. The van der Waals surface area contributed by atoms with E-state index in [4.69, 9.17) is 4.74 Å². The van der Waals surface area contributed by atoms with Crippen LogP contribution in [0, 0.1) is 5.92 Å². The molecule has 0 aliphatic heterocycles. The number of nitrogens with one attached hydrogen (secondary N) is 1. The molecule has 1 aromatic heterocycles. The minimum absolute atomic E-state index is 0.160. The highest BCUT2D eigenvalue weighted by Crippen LogP contribution is 2.11. The second-order valence-electron chi connectivity index (χ2n) is 4.31. The van der Waals surface area contributed by atoms with Gasteiger partial charge in [0.15, 0.2) is 0 Å². The molecule has 0 spiro atoms. The van der Waals surface area contributed by atoms with E-state index in [0.29, 0.717) is 30.7 Å². The van der Waals surface area contributed by atoms with Crippen LogP contribution in [0.15, 0.2) is 12.4 Å². The molecule has 100 valence electrons. The van der Waals surface area contributed by atoms with Crippen LogP contribution in [0.4, 0.5) is 10.6 Å². The Balaban J connectivity index is 2.67. The van der Waals surface area contributed by atoms with Crippen LogP contribution in [0.1, 0.15) is 20.8 Å². The third-order valence-electron chi connectivity index (χ3n) is 2.34. The molecule has 0 unspecified atom stereocenters. The number of methoxy groups -OCH3 is 1. The fourth-order valence-electron chi connectivity index (χ4n) is 1.50. The third-order valence-corrected chi connectivity index (χ3v) is 2.34. The molecule has 1 N–H and O–H groups in total. The maximum atomic E-state index is 12.0. The fraction of sp³-hybridized carbons (Fsp3) is 0.583. The summed E-state index contributed by atoms with van der Waals surface area (Å²) in [7, 11) is 1.52. The Morgan fingerprint density at radius 3 is 2.78 bits per heavy atom. The summed E-state index contributed by atoms with van der Waals surface area (Å²) in [4.78, 5) is 21.6. The molecule has 1 heterocycles. The molecule has 0 aromatic carbocycles. The molecule has 1 rings (SSSR count). The number of hydrogen-bond donors (Lipinski definition) is 1. The van der Waals surface area contributed by atoms with Crippen LogP contribution < -0.4 is 10.1 Å². The number of nitrogens with zero attached hydrogens (tertiary/aromatic N) is 3. The summed E-state index contributed by atoms with van der Waals surface area (Å²) < 4.78 is 4.97. The Kier molecular flexibility index (Phi) is 5.35. The highest BCUT2D eigenvalue weighted by atomic mass is 16.5. The Morgan fingerprint density at radius 1 is 1.50 bits per heavy atom. The summed E-state index contributed by atoms with van der Waals surface area (Å²) in [6.07, 6.45) is 1.35. The molecule has 0 aliphatic rings. The van der Waals surface area contributed by atoms with Gasteiger partial charge in [-0.2, -0.15) is 0 Å². The monoisotopic (exact) mass is 252 g/mol. The zero-order valence-corrected chi connectivity index (χ0v) is 11.3. The van der Waals surface area contributed by atoms with Gasteiger partial charge in [0.1, 0.15) is 12.1 Å². The third kappa shape index (κ3) is 4.20. The molecule has 0 fully saturated rings. The number of ether oxygens (including phenoxy) is 1. The van der Waals surface area contributed by atoms with Crippen LogP contribution in [0.25, 0.3) is 0 Å². The van der Waals surface area contributed by atoms with Gasteiger partial charge in [-0.15, -0.1) is 0 Å². The first-order valence-corrected chi connectivity index (χ1v) is 5.98. The lowest BCUT2D eigenvalue weighted by Crippen LogP contribution is -2.37. The zero-order chi connectivity index (χ0) is 13.5. The molecular formula is C12H20N4O2. The van der Waals surface area contributed by atoms with Crippen molar-refractivity contribution in [3.8, 4) is 5.88 Å². The van der Waals surface area contributed by atoms with E-state index in [2.05, 4.69) is 29.1 Å². The average molecular weight is 252 g/mol. The molecule has 0 radical (unpaired) electrons. The fourth-order valence-corrected chi connectivity index (χ4v) is 1.50. The van der Waals surface area contributed by atoms with Crippen molar-refractivity contribution in [3.63, 3.8) is 0 Å². The van der Waals surface area contributed by atoms with Crippen LogP contribution >= 0.6 is 0 Å². The molecule has 0 bridgehead atoms. The van der Waals surface area contributed by atoms with Gasteiger partial charge in [-0.25, -0.2) is 14.8 Å². The smallest absolute Gasteiger partial charge is 0.323 e. The van der Waals surface area contributed by atoms with Crippen molar-refractivity contribution in [2.45, 2.75) is 20.8 Å². The topological polar surface area (TPSA) is 67.4 Å². The number of rotatable bonds is 5. The minimum Gasteiger partial charge on any atom is -0.481 e. The van der Waals surface area contributed by atoms with E-state index in [1.165, 1.54) is 13.4 Å². The number of urea groups is 1. The summed E-state index contributed by atoms with van der Waals surface area (Å²) in [5.41, 5.74) is 0. The van der Waals surface area contributed by atoms with Crippen molar-refractivity contribution in [1.29, 1.82) is 0 Å². The van der Waals surface area contributed by atoms with Crippen molar-refractivity contribution in [2.75, 3.05) is 25.5 Å². The van der Waals surface area contributed by atoms with Crippen molar-refractivity contribution in [3.05, 3.63) is 12.4 Å². The van der Waals surface area contributed by atoms with Crippen LogP contribution in [-0.2, 0) is 0 Å². The van der Waals surface area contributed by atoms with Crippen LogP contribution in [0.3, 0.4) is 0 Å². The van der Waals surface area contributed by atoms with E-state index in [1.54, 1.807) is 11.0 Å². The van der Waals surface area contributed by atoms with Gasteiger partial charge in [0, 0.05) is 19.2 Å². The maximum absolute atomic E-state index is 12.0. The molecule has 0 aliphatic carbocycles. The maximum Gasteiger partial charge on any atom is 0.323 e. The standard InChI is InChI=1S/C12H20N4O2/c1-5-16(7-9(2)3)12(17)15-10-6-11(18-4)14-8-13-10/h6,8-9H,5,7H2,1-4H3,(H,13,14,15,17). The molecule has 0 saturated carbocycles. The normalized spacial score (nSPS) is 10.3. The Labute approximate surface area is 107 Å². The summed E-state index contributed by atoms with van der Waals surface area (Å²) in [6, 6.07) is 1.42. The van der Waals surface area contributed by atoms with Gasteiger partial charge in [0.2, 0.25) is 5.88 Å². The molecular weight excluding hydrogens is 232 g/mol. The summed E-state index contributed by atoms with van der Waals surface area (Å²) >= 11 is 0. The van der Waals surface area contributed by atoms with Gasteiger partial charge in [-0.05, 0) is 12.8 Å². The van der Waals surface area contributed by atoms with Crippen LogP contribution in [0.5, 0.6) is 5.88 Å². The molecule has 6 heteroatoms. The number of carbonyl (C=O) groups is 1. The lowest BCUT2D eigenvalue weighted by atomic mass is 10.2. The first kappa shape index (κ1) is 14.2. The van der Waals surface area contributed by atoms with E-state index in [-0.39, 0.29) is 6.03 Å². The summed E-state index contributed by atoms with van der Waals surface area (Å²) in [5, 5.41) is 2.73. The van der Waals surface area contributed by atoms with Gasteiger partial charge in [0.25, 0.3) is 0 Å². The number of carbonyl (C=O) groups excluding carboxylic acids is 1. The van der Waals surface area contributed by atoms with Crippen molar-refractivity contribution < 1.29 is 9.53 Å². The molecule has 6 nitrogen and oxygen atoms in total. The van der Waals surface area contributed by atoms with E-state index >= 15 is 0 Å². The van der Waals surface area contributed by atoms with Crippen molar-refractivity contribution in [1.82, 2.24) is 14.9 Å². The molecule has 0 saturated heterocycles. The zero-order valence-electron chi connectivity index (χ0n) is 11.3. The quantitative estimate of drug-likeness (QED) is 0.870. The number of aromatic nitrogens is 2. The summed E-state index contributed by atoms with van der Waals surface area (Å²) in [5.74, 6) is 1.29. The Morgan fingerprint density at radius 2 is 2.22 bits per heavy atom. The second kappa shape index (κ2) is 6.78. The largest absolute Gasteiger partial charge is 0.481 e. The second-order valence-corrected chi connectivity index (χ2v) is 4.31. The molecule has 18 heavy (non-hydrogen) atoms. The van der Waals surface area contributed by atoms with E-state index in [1.807, 2.05) is 6.92 Å². The predicted octanol–water partition coefficient (Wildman–Crippen LogP) is 1.99. The van der Waals surface area contributed by atoms with Gasteiger partial charge in [-0.3, -0.25) is 5.32 Å². The van der Waals surface area contributed by atoms with E-state index in [9.17, 15) is 4.79 Å². The van der Waals surface area contributed by atoms with Gasteiger partial charge in [0.05, 0.1) is 7.11 Å². The lowest BCUT2D eigenvalue weighted by Gasteiger charge is -2.22. The molecule has 2 amide bonds. The highest BCUT2D eigenvalue weighted by Gasteiger charge is 2.13. The first-order chi connectivity index (χ1) is 8.56.